The lowest BCUT2D eigenvalue weighted by molar-refractivity contribution is 0.147. The molecular formula is C6H3BBrF2N. The molecule has 0 bridgehead atoms. The van der Waals surface area contributed by atoms with Crippen molar-refractivity contribution in [1.29, 1.82) is 0 Å². The number of pyridine rings is 1. The van der Waals surface area contributed by atoms with E-state index in [4.69, 9.17) is 7.85 Å². The minimum atomic E-state index is -2.61. The van der Waals surface area contributed by atoms with Crippen molar-refractivity contribution >= 4 is 29.2 Å². The average molecular weight is 218 g/mol. The molecule has 1 aromatic heterocycles. The average Bonchev–Trinajstić information content (AvgIpc) is 1.85. The van der Waals surface area contributed by atoms with Gasteiger partial charge in [0, 0.05) is 10.7 Å². The molecule has 0 aliphatic heterocycles. The first kappa shape index (κ1) is 8.65. The molecule has 1 aromatic rings. The zero-order valence-corrected chi connectivity index (χ0v) is 6.98. The molecule has 0 unspecified atom stereocenters. The van der Waals surface area contributed by atoms with Crippen molar-refractivity contribution in [2.75, 3.05) is 0 Å². The van der Waals surface area contributed by atoms with E-state index in [-0.39, 0.29) is 11.2 Å². The zero-order valence-electron chi connectivity index (χ0n) is 5.39. The van der Waals surface area contributed by atoms with E-state index in [2.05, 4.69) is 20.9 Å². The van der Waals surface area contributed by atoms with E-state index in [1.807, 2.05) is 0 Å². The third-order valence-corrected chi connectivity index (χ3v) is 1.56. The smallest absolute Gasteiger partial charge is 0.255 e. The highest BCUT2D eigenvalue weighted by molar-refractivity contribution is 9.10. The lowest BCUT2D eigenvalue weighted by Crippen LogP contribution is -2.12. The molecule has 1 heterocycles. The van der Waals surface area contributed by atoms with Gasteiger partial charge in [0.15, 0.2) is 0 Å². The SMILES string of the molecule is [B]c1cc(Br)cnc1C(F)F. The molecule has 0 amide bonds. The van der Waals surface area contributed by atoms with Gasteiger partial charge in [-0.05, 0) is 15.9 Å². The Hall–Kier alpha value is -0.445. The molecule has 1 rings (SSSR count). The molecule has 11 heavy (non-hydrogen) atoms. The van der Waals surface area contributed by atoms with Crippen molar-refractivity contribution in [1.82, 2.24) is 4.98 Å². The van der Waals surface area contributed by atoms with E-state index in [1.54, 1.807) is 0 Å². The van der Waals surface area contributed by atoms with E-state index in [0.717, 1.165) is 0 Å². The van der Waals surface area contributed by atoms with Gasteiger partial charge in [-0.3, -0.25) is 4.98 Å². The highest BCUT2D eigenvalue weighted by atomic mass is 79.9. The highest BCUT2D eigenvalue weighted by Crippen LogP contribution is 2.15. The van der Waals surface area contributed by atoms with E-state index in [1.165, 1.54) is 12.3 Å². The Labute approximate surface area is 72.4 Å². The van der Waals surface area contributed by atoms with Crippen LogP contribution in [0.1, 0.15) is 12.1 Å². The number of rotatable bonds is 1. The maximum Gasteiger partial charge on any atom is 0.279 e. The van der Waals surface area contributed by atoms with Crippen LogP contribution in [-0.2, 0) is 0 Å². The summed E-state index contributed by atoms with van der Waals surface area (Å²) in [7, 11) is 5.25. The minimum absolute atomic E-state index is 0.00868. The molecule has 2 radical (unpaired) electrons. The first-order chi connectivity index (χ1) is 5.11. The van der Waals surface area contributed by atoms with Crippen LogP contribution in [0.4, 0.5) is 8.78 Å². The fourth-order valence-electron chi connectivity index (χ4n) is 0.648. The van der Waals surface area contributed by atoms with Gasteiger partial charge < -0.3 is 0 Å². The molecule has 1 nitrogen and oxygen atoms in total. The molecule has 0 N–H and O–H groups in total. The second-order valence-electron chi connectivity index (χ2n) is 1.93. The number of alkyl halides is 2. The third kappa shape index (κ3) is 1.99. The topological polar surface area (TPSA) is 12.9 Å². The largest absolute Gasteiger partial charge is 0.279 e. The monoisotopic (exact) mass is 217 g/mol. The van der Waals surface area contributed by atoms with Crippen molar-refractivity contribution in [3.8, 4) is 0 Å². The first-order valence-corrected chi connectivity index (χ1v) is 3.59. The Morgan fingerprint density at radius 2 is 2.18 bits per heavy atom. The Kier molecular flexibility index (Phi) is 2.60. The van der Waals surface area contributed by atoms with Gasteiger partial charge in [0.1, 0.15) is 7.85 Å². The predicted octanol–water partition coefficient (Wildman–Crippen LogP) is 1.58. The Morgan fingerprint density at radius 1 is 1.55 bits per heavy atom. The van der Waals surface area contributed by atoms with E-state index in [9.17, 15) is 8.78 Å². The summed E-state index contributed by atoms with van der Waals surface area (Å²) >= 11 is 3.06. The molecule has 5 heteroatoms. The predicted molar refractivity (Wildman–Crippen MR) is 42.3 cm³/mol. The van der Waals surface area contributed by atoms with Crippen LogP contribution in [0.3, 0.4) is 0 Å². The molecule has 56 valence electrons. The van der Waals surface area contributed by atoms with Crippen LogP contribution in [-0.4, -0.2) is 12.8 Å². The summed E-state index contributed by atoms with van der Waals surface area (Å²) in [6.45, 7) is 0. The fourth-order valence-corrected chi connectivity index (χ4v) is 0.997. The lowest BCUT2D eigenvalue weighted by Gasteiger charge is -2.02. The first-order valence-electron chi connectivity index (χ1n) is 2.80. The third-order valence-electron chi connectivity index (χ3n) is 1.12. The number of halogens is 3. The van der Waals surface area contributed by atoms with Crippen LogP contribution >= 0.6 is 15.9 Å². The molecule has 0 aliphatic carbocycles. The van der Waals surface area contributed by atoms with Gasteiger partial charge in [0.25, 0.3) is 6.43 Å². The minimum Gasteiger partial charge on any atom is -0.255 e. The molecule has 0 atom stereocenters. The molecule has 0 spiro atoms. The van der Waals surface area contributed by atoms with Crippen molar-refractivity contribution < 1.29 is 8.78 Å². The normalized spacial score (nSPS) is 10.5. The van der Waals surface area contributed by atoms with Crippen molar-refractivity contribution in [2.24, 2.45) is 0 Å². The van der Waals surface area contributed by atoms with Crippen LogP contribution < -0.4 is 5.46 Å². The van der Waals surface area contributed by atoms with Gasteiger partial charge in [0.05, 0.1) is 5.69 Å². The van der Waals surface area contributed by atoms with Crippen LogP contribution in [0.25, 0.3) is 0 Å². The summed E-state index contributed by atoms with van der Waals surface area (Å²) < 4.78 is 24.6. The Balaban J connectivity index is 3.09. The number of nitrogens with zero attached hydrogens (tertiary/aromatic N) is 1. The van der Waals surface area contributed by atoms with Crippen LogP contribution in [0.5, 0.6) is 0 Å². The zero-order chi connectivity index (χ0) is 8.43. The maximum absolute atomic E-state index is 12.0. The van der Waals surface area contributed by atoms with Crippen LogP contribution in [0.15, 0.2) is 16.7 Å². The van der Waals surface area contributed by atoms with Gasteiger partial charge in [0.2, 0.25) is 0 Å². The van der Waals surface area contributed by atoms with Gasteiger partial charge in [-0.2, -0.15) is 0 Å². The van der Waals surface area contributed by atoms with Gasteiger partial charge in [-0.25, -0.2) is 8.78 Å². The van der Waals surface area contributed by atoms with Crippen molar-refractivity contribution in [3.05, 3.63) is 22.4 Å². The second kappa shape index (κ2) is 3.30. The van der Waals surface area contributed by atoms with Crippen molar-refractivity contribution in [3.63, 3.8) is 0 Å². The number of aromatic nitrogens is 1. The molecule has 0 saturated heterocycles. The number of hydrogen-bond donors (Lipinski definition) is 0. The van der Waals surface area contributed by atoms with Gasteiger partial charge in [-0.1, -0.05) is 11.5 Å². The molecule has 0 aromatic carbocycles. The Morgan fingerprint density at radius 3 is 2.64 bits per heavy atom. The molecular weight excluding hydrogens is 215 g/mol. The molecule has 0 fully saturated rings. The van der Waals surface area contributed by atoms with Crippen molar-refractivity contribution in [2.45, 2.75) is 6.43 Å². The molecule has 0 aliphatic rings. The number of hydrogen-bond acceptors (Lipinski definition) is 1. The lowest BCUT2D eigenvalue weighted by atomic mass is 9.95. The standard InChI is InChI=1S/C6H3BBrF2N/c7-4-1-3(8)2-11-5(4)6(9)10/h1-2,6H. The second-order valence-corrected chi connectivity index (χ2v) is 2.84. The Bertz CT molecular complexity index is 267. The summed E-state index contributed by atoms with van der Waals surface area (Å²) in [5.74, 6) is 0. The van der Waals surface area contributed by atoms with E-state index < -0.39 is 6.43 Å². The quantitative estimate of drug-likeness (QED) is 0.651. The summed E-state index contributed by atoms with van der Waals surface area (Å²) in [4.78, 5) is 3.46. The van der Waals surface area contributed by atoms with Gasteiger partial charge in [-0.15, -0.1) is 0 Å². The van der Waals surface area contributed by atoms with Crippen LogP contribution in [0, 0.1) is 0 Å². The summed E-state index contributed by atoms with van der Waals surface area (Å²) in [6, 6.07) is 1.40. The maximum atomic E-state index is 12.0. The van der Waals surface area contributed by atoms with Gasteiger partial charge >= 0.3 is 0 Å². The fraction of sp³-hybridized carbons (Fsp3) is 0.167. The van der Waals surface area contributed by atoms with E-state index >= 15 is 0 Å². The summed E-state index contributed by atoms with van der Waals surface area (Å²) in [5.41, 5.74) is -0.359. The molecule has 0 saturated carbocycles. The highest BCUT2D eigenvalue weighted by Gasteiger charge is 2.10. The van der Waals surface area contributed by atoms with Crippen LogP contribution in [0.2, 0.25) is 0 Å². The summed E-state index contributed by atoms with van der Waals surface area (Å²) in [5, 5.41) is 0. The summed E-state index contributed by atoms with van der Waals surface area (Å²) in [6.07, 6.45) is -1.32. The van der Waals surface area contributed by atoms with E-state index in [0.29, 0.717) is 4.47 Å².